The van der Waals surface area contributed by atoms with Gasteiger partial charge in [0.05, 0.1) is 42.2 Å². The summed E-state index contributed by atoms with van der Waals surface area (Å²) in [6.45, 7) is 3.79. The molecule has 2 heterocycles. The molecule has 8 heteroatoms. The van der Waals surface area contributed by atoms with Crippen LogP contribution in [0.25, 0.3) is 10.9 Å². The van der Waals surface area contributed by atoms with Gasteiger partial charge in [0.15, 0.2) is 0 Å². The average molecular weight is 342 g/mol. The summed E-state index contributed by atoms with van der Waals surface area (Å²) in [6, 6.07) is 6.14. The van der Waals surface area contributed by atoms with Gasteiger partial charge in [0, 0.05) is 5.39 Å². The van der Waals surface area contributed by atoms with Gasteiger partial charge in [-0.05, 0) is 26.0 Å². The van der Waals surface area contributed by atoms with Crippen LogP contribution in [0.5, 0.6) is 0 Å². The normalized spacial score (nSPS) is 17.2. The number of hydrogen-bond acceptors (Lipinski definition) is 5. The number of ether oxygens (including phenoxy) is 1. The van der Waals surface area contributed by atoms with Crippen molar-refractivity contribution in [3.63, 3.8) is 0 Å². The lowest BCUT2D eigenvalue weighted by molar-refractivity contribution is -0.139. The molecule has 0 bridgehead atoms. The molecule has 0 spiro atoms. The minimum Gasteiger partial charge on any atom is -0.463 e. The Kier molecular flexibility index (Phi) is 4.51. The summed E-state index contributed by atoms with van der Waals surface area (Å²) in [4.78, 5) is 36.1. The molecule has 0 saturated heterocycles. The number of fused-ring (bicyclic) bond motifs is 1. The number of allylic oxidation sites excluding steroid dienone is 1. The fourth-order valence-electron chi connectivity index (χ4n) is 2.84. The number of benzene rings is 1. The van der Waals surface area contributed by atoms with Crippen molar-refractivity contribution in [2.75, 3.05) is 6.61 Å². The number of rotatable bonds is 4. The molecule has 0 radical (unpaired) electrons. The van der Waals surface area contributed by atoms with Gasteiger partial charge in [-0.25, -0.2) is 9.59 Å². The highest BCUT2D eigenvalue weighted by molar-refractivity contribution is 5.94. The van der Waals surface area contributed by atoms with E-state index in [2.05, 4.69) is 15.7 Å². The highest BCUT2D eigenvalue weighted by atomic mass is 16.5. The number of esters is 1. The molecule has 0 saturated carbocycles. The van der Waals surface area contributed by atoms with Crippen LogP contribution in [0, 0.1) is 0 Å². The molecule has 8 nitrogen and oxygen atoms in total. The van der Waals surface area contributed by atoms with Crippen LogP contribution in [-0.4, -0.2) is 34.4 Å². The van der Waals surface area contributed by atoms with Crippen molar-refractivity contribution in [2.24, 2.45) is 0 Å². The summed E-state index contributed by atoms with van der Waals surface area (Å²) in [5, 5.41) is 9.95. The average Bonchev–Trinajstić information content (AvgIpc) is 2.57. The third-order valence-corrected chi connectivity index (χ3v) is 3.94. The Balaban J connectivity index is 2.09. The van der Waals surface area contributed by atoms with Gasteiger partial charge in [0.25, 0.3) is 0 Å². The number of nitrogens with one attached hydrogen (secondary N) is 2. The number of carbonyl (C=O) groups excluding carboxylic acids is 2. The third kappa shape index (κ3) is 3.23. The number of amides is 2. The molecule has 1 aromatic carbocycles. The lowest BCUT2D eigenvalue weighted by Gasteiger charge is -2.27. The molecule has 2 N–H and O–H groups in total. The highest BCUT2D eigenvalue weighted by Gasteiger charge is 2.30. The monoisotopic (exact) mass is 342 g/mol. The van der Waals surface area contributed by atoms with E-state index in [0.29, 0.717) is 22.2 Å². The predicted molar refractivity (Wildman–Crippen MR) is 90.8 cm³/mol. The molecular weight excluding hydrogens is 324 g/mol. The lowest BCUT2D eigenvalue weighted by Crippen LogP contribution is -2.50. The van der Waals surface area contributed by atoms with Crippen LogP contribution >= 0.6 is 0 Å². The number of carbonyl (C=O) groups is 2. The summed E-state index contributed by atoms with van der Waals surface area (Å²) in [6.07, 6.45) is 1.22. The van der Waals surface area contributed by atoms with Crippen molar-refractivity contribution in [2.45, 2.75) is 26.4 Å². The first-order valence-electron chi connectivity index (χ1n) is 7.93. The summed E-state index contributed by atoms with van der Waals surface area (Å²) in [5.41, 5.74) is 1.17. The van der Waals surface area contributed by atoms with Gasteiger partial charge in [-0.15, -0.1) is 0 Å². The Morgan fingerprint density at radius 2 is 2.08 bits per heavy atom. The first-order chi connectivity index (χ1) is 12.0. The van der Waals surface area contributed by atoms with E-state index in [0.717, 1.165) is 0 Å². The molecule has 3 rings (SSSR count). The Morgan fingerprint density at radius 1 is 1.32 bits per heavy atom. The quantitative estimate of drug-likeness (QED) is 0.804. The molecule has 1 unspecified atom stereocenters. The van der Waals surface area contributed by atoms with Crippen LogP contribution in [-0.2, 0) is 16.1 Å². The van der Waals surface area contributed by atoms with Gasteiger partial charge in [0.2, 0.25) is 5.43 Å². The van der Waals surface area contributed by atoms with E-state index < -0.39 is 18.0 Å². The van der Waals surface area contributed by atoms with E-state index in [1.807, 2.05) is 0 Å². The van der Waals surface area contributed by atoms with Gasteiger partial charge in [-0.1, -0.05) is 12.1 Å². The molecule has 1 aliphatic rings. The maximum absolute atomic E-state index is 12.3. The van der Waals surface area contributed by atoms with Crippen molar-refractivity contribution < 1.29 is 14.3 Å². The summed E-state index contributed by atoms with van der Waals surface area (Å²) < 4.78 is 6.67. The number of para-hydroxylation sites is 1. The minimum atomic E-state index is -0.497. The van der Waals surface area contributed by atoms with E-state index in [4.69, 9.17) is 4.74 Å². The fraction of sp³-hybridized carbons (Fsp3) is 0.294. The fourth-order valence-corrected chi connectivity index (χ4v) is 2.84. The van der Waals surface area contributed by atoms with Crippen molar-refractivity contribution in [1.82, 2.24) is 20.4 Å². The zero-order chi connectivity index (χ0) is 18.0. The van der Waals surface area contributed by atoms with Crippen molar-refractivity contribution in [1.29, 1.82) is 0 Å². The van der Waals surface area contributed by atoms with E-state index >= 15 is 0 Å². The van der Waals surface area contributed by atoms with Crippen LogP contribution in [0.4, 0.5) is 4.79 Å². The maximum Gasteiger partial charge on any atom is 0.337 e. The second-order valence-corrected chi connectivity index (χ2v) is 5.62. The standard InChI is InChI=1S/C17H18N4O4/c1-3-25-16(23)15-10(2)19-17(24)20-12(15)9-21-13-7-5-4-6-11(13)14(22)8-18-21/h4-8,10H,3,9H2,1-2H3,(H2,19,20,24). The van der Waals surface area contributed by atoms with Gasteiger partial charge in [0.1, 0.15) is 0 Å². The topological polar surface area (TPSA) is 102 Å². The van der Waals surface area contributed by atoms with Crippen LogP contribution in [0.1, 0.15) is 13.8 Å². The predicted octanol–water partition coefficient (Wildman–Crippen LogP) is 0.915. The number of nitrogens with zero attached hydrogens (tertiary/aromatic N) is 2. The van der Waals surface area contributed by atoms with Crippen molar-refractivity contribution in [3.05, 3.63) is 52.0 Å². The van der Waals surface area contributed by atoms with Gasteiger partial charge in [-0.3, -0.25) is 9.48 Å². The summed E-state index contributed by atoms with van der Waals surface area (Å²) in [5.74, 6) is -0.497. The highest BCUT2D eigenvalue weighted by Crippen LogP contribution is 2.17. The molecule has 130 valence electrons. The summed E-state index contributed by atoms with van der Waals surface area (Å²) >= 11 is 0. The minimum absolute atomic E-state index is 0.132. The zero-order valence-corrected chi connectivity index (χ0v) is 13.9. The van der Waals surface area contributed by atoms with E-state index in [1.165, 1.54) is 6.20 Å². The SMILES string of the molecule is CCOC(=O)C1=C(Cn2ncc(=O)c3ccccc32)NC(=O)NC1C. The van der Waals surface area contributed by atoms with Crippen LogP contribution in [0.15, 0.2) is 46.5 Å². The van der Waals surface area contributed by atoms with Crippen LogP contribution < -0.4 is 16.1 Å². The Hall–Kier alpha value is -3.16. The van der Waals surface area contributed by atoms with Crippen LogP contribution in [0.3, 0.4) is 0 Å². The maximum atomic E-state index is 12.3. The van der Waals surface area contributed by atoms with Crippen molar-refractivity contribution in [3.8, 4) is 0 Å². The second-order valence-electron chi connectivity index (χ2n) is 5.62. The second kappa shape index (κ2) is 6.76. The molecule has 1 aliphatic heterocycles. The first-order valence-corrected chi connectivity index (χ1v) is 7.93. The molecular formula is C17H18N4O4. The number of urea groups is 1. The molecule has 0 fully saturated rings. The largest absolute Gasteiger partial charge is 0.463 e. The van der Waals surface area contributed by atoms with Gasteiger partial charge in [-0.2, -0.15) is 5.10 Å². The van der Waals surface area contributed by atoms with Gasteiger partial charge >= 0.3 is 12.0 Å². The van der Waals surface area contributed by atoms with E-state index in [9.17, 15) is 14.4 Å². The Labute approximate surface area is 143 Å². The van der Waals surface area contributed by atoms with Gasteiger partial charge < -0.3 is 15.4 Å². The molecule has 2 amide bonds. The molecule has 0 aliphatic carbocycles. The van der Waals surface area contributed by atoms with Crippen molar-refractivity contribution >= 4 is 22.9 Å². The lowest BCUT2D eigenvalue weighted by atomic mass is 10.0. The van der Waals surface area contributed by atoms with E-state index in [-0.39, 0.29) is 18.6 Å². The van der Waals surface area contributed by atoms with E-state index in [1.54, 1.807) is 42.8 Å². The Bertz CT molecular complexity index is 932. The third-order valence-electron chi connectivity index (χ3n) is 3.94. The molecule has 1 atom stereocenters. The molecule has 2 aromatic rings. The first kappa shape index (κ1) is 16.7. The zero-order valence-electron chi connectivity index (χ0n) is 13.9. The molecule has 25 heavy (non-hydrogen) atoms. The number of aromatic nitrogens is 2. The summed E-state index contributed by atoms with van der Waals surface area (Å²) in [7, 11) is 0. The Morgan fingerprint density at radius 3 is 2.84 bits per heavy atom. The smallest absolute Gasteiger partial charge is 0.337 e. The number of hydrogen-bond donors (Lipinski definition) is 2. The van der Waals surface area contributed by atoms with Crippen LogP contribution in [0.2, 0.25) is 0 Å². The molecule has 1 aromatic heterocycles.